The highest BCUT2D eigenvalue weighted by atomic mass is 19.4. The summed E-state index contributed by atoms with van der Waals surface area (Å²) in [6, 6.07) is 0. The molecule has 0 aliphatic carbocycles. The Kier molecular flexibility index (Phi) is 4.55. The normalized spacial score (nSPS) is 15.2. The average Bonchev–Trinajstić information content (AvgIpc) is 1.97. The maximum Gasteiger partial charge on any atom is 0.439 e. The van der Waals surface area contributed by atoms with E-state index in [0.29, 0.717) is 12.8 Å². The smallest absolute Gasteiger partial charge is 0.361 e. The highest BCUT2D eigenvalue weighted by Gasteiger charge is 2.40. The number of hydrogen-bond acceptors (Lipinski definition) is 2. The second-order valence-corrected chi connectivity index (χ2v) is 2.47. The minimum absolute atomic E-state index is 0.462. The molecule has 0 fully saturated rings. The van der Waals surface area contributed by atoms with Gasteiger partial charge in [0.1, 0.15) is 0 Å². The first kappa shape index (κ1) is 11.7. The fourth-order valence-electron chi connectivity index (χ4n) is 0.741. The Morgan fingerprint density at radius 3 is 1.92 bits per heavy atom. The summed E-state index contributed by atoms with van der Waals surface area (Å²) in [5, 5.41) is 8.47. The zero-order valence-corrected chi connectivity index (χ0v) is 7.06. The molecule has 0 amide bonds. The van der Waals surface area contributed by atoms with Crippen LogP contribution in [0, 0.1) is 0 Å². The van der Waals surface area contributed by atoms with E-state index in [1.165, 1.54) is 0 Å². The number of rotatable bonds is 4. The molecule has 5 heteroatoms. The highest BCUT2D eigenvalue weighted by molar-refractivity contribution is 4.58. The van der Waals surface area contributed by atoms with Crippen LogP contribution in [0.4, 0.5) is 13.2 Å². The summed E-state index contributed by atoms with van der Waals surface area (Å²) < 4.78 is 39.5. The minimum Gasteiger partial charge on any atom is -0.361 e. The molecule has 0 saturated heterocycles. The standard InChI is InChI=1S/C7H13F3O2/c1-3-5(4-2)12-6(11)7(8,9)10/h5-6,11H,3-4H2,1-2H3/t6-/m1/s1. The van der Waals surface area contributed by atoms with Gasteiger partial charge in [0.05, 0.1) is 6.10 Å². The summed E-state index contributed by atoms with van der Waals surface area (Å²) in [5.41, 5.74) is 0. The van der Waals surface area contributed by atoms with Crippen molar-refractivity contribution in [2.45, 2.75) is 45.3 Å². The summed E-state index contributed by atoms with van der Waals surface area (Å²) >= 11 is 0. The predicted molar refractivity (Wildman–Crippen MR) is 37.5 cm³/mol. The van der Waals surface area contributed by atoms with E-state index in [1.54, 1.807) is 13.8 Å². The maximum atomic E-state index is 11.7. The molecule has 0 saturated carbocycles. The number of alkyl halides is 3. The zero-order valence-electron chi connectivity index (χ0n) is 7.06. The van der Waals surface area contributed by atoms with Crippen LogP contribution < -0.4 is 0 Å². The third-order valence-electron chi connectivity index (χ3n) is 1.51. The quantitative estimate of drug-likeness (QED) is 0.681. The van der Waals surface area contributed by atoms with Crippen LogP contribution in [-0.4, -0.2) is 23.7 Å². The molecule has 0 aromatic heterocycles. The van der Waals surface area contributed by atoms with Crippen LogP contribution in [0.25, 0.3) is 0 Å². The molecule has 1 atom stereocenters. The van der Waals surface area contributed by atoms with Gasteiger partial charge in [-0.25, -0.2) is 0 Å². The van der Waals surface area contributed by atoms with Gasteiger partial charge in [0.2, 0.25) is 0 Å². The lowest BCUT2D eigenvalue weighted by Gasteiger charge is -2.20. The molecule has 2 nitrogen and oxygen atoms in total. The van der Waals surface area contributed by atoms with Crippen molar-refractivity contribution >= 4 is 0 Å². The Morgan fingerprint density at radius 2 is 1.67 bits per heavy atom. The van der Waals surface area contributed by atoms with E-state index in [9.17, 15) is 13.2 Å². The predicted octanol–water partition coefficient (Wildman–Crippen LogP) is 2.07. The number of aliphatic hydroxyl groups is 1. The first-order chi connectivity index (χ1) is 5.41. The summed E-state index contributed by atoms with van der Waals surface area (Å²) in [6.07, 6.45) is -6.93. The first-order valence-electron chi connectivity index (χ1n) is 3.82. The van der Waals surface area contributed by atoms with Gasteiger partial charge in [-0.3, -0.25) is 0 Å². The monoisotopic (exact) mass is 186 g/mol. The molecule has 0 spiro atoms. The van der Waals surface area contributed by atoms with E-state index in [-0.39, 0.29) is 0 Å². The number of aliphatic hydroxyl groups excluding tert-OH is 1. The number of halogens is 3. The van der Waals surface area contributed by atoms with Crippen LogP contribution in [0.5, 0.6) is 0 Å². The Balaban J connectivity index is 3.90. The van der Waals surface area contributed by atoms with Gasteiger partial charge in [0.15, 0.2) is 0 Å². The molecule has 1 N–H and O–H groups in total. The Morgan fingerprint density at radius 1 is 1.25 bits per heavy atom. The summed E-state index contributed by atoms with van der Waals surface area (Å²) in [4.78, 5) is 0. The fourth-order valence-corrected chi connectivity index (χ4v) is 0.741. The van der Waals surface area contributed by atoms with Crippen LogP contribution in [0.1, 0.15) is 26.7 Å². The second kappa shape index (κ2) is 4.67. The van der Waals surface area contributed by atoms with E-state index >= 15 is 0 Å². The van der Waals surface area contributed by atoms with Crippen molar-refractivity contribution in [3.05, 3.63) is 0 Å². The molecule has 74 valence electrons. The van der Waals surface area contributed by atoms with Crippen LogP contribution in [-0.2, 0) is 4.74 Å². The number of hydrogen-bond donors (Lipinski definition) is 1. The molecule has 0 bridgehead atoms. The van der Waals surface area contributed by atoms with Gasteiger partial charge in [-0.15, -0.1) is 0 Å². The van der Waals surface area contributed by atoms with Crippen molar-refractivity contribution in [3.8, 4) is 0 Å². The highest BCUT2D eigenvalue weighted by Crippen LogP contribution is 2.22. The van der Waals surface area contributed by atoms with E-state index in [1.807, 2.05) is 0 Å². The molecular weight excluding hydrogens is 173 g/mol. The van der Waals surface area contributed by atoms with Crippen LogP contribution in [0.3, 0.4) is 0 Å². The van der Waals surface area contributed by atoms with Gasteiger partial charge in [0.25, 0.3) is 6.29 Å². The van der Waals surface area contributed by atoms with Crippen molar-refractivity contribution in [2.75, 3.05) is 0 Å². The van der Waals surface area contributed by atoms with Gasteiger partial charge in [0, 0.05) is 0 Å². The van der Waals surface area contributed by atoms with Crippen LogP contribution in [0.15, 0.2) is 0 Å². The van der Waals surface area contributed by atoms with Gasteiger partial charge in [-0.1, -0.05) is 13.8 Å². The lowest BCUT2D eigenvalue weighted by atomic mass is 10.2. The van der Waals surface area contributed by atoms with Crippen LogP contribution in [0.2, 0.25) is 0 Å². The SMILES string of the molecule is CCC(CC)O[C@@H](O)C(F)(F)F. The van der Waals surface area contributed by atoms with E-state index in [4.69, 9.17) is 5.11 Å². The van der Waals surface area contributed by atoms with Gasteiger partial charge in [-0.2, -0.15) is 13.2 Å². The minimum atomic E-state index is -4.68. The van der Waals surface area contributed by atoms with E-state index in [0.717, 1.165) is 0 Å². The zero-order chi connectivity index (χ0) is 9.78. The Labute approximate surface area is 69.3 Å². The van der Waals surface area contributed by atoms with Crippen molar-refractivity contribution in [1.82, 2.24) is 0 Å². The summed E-state index contributed by atoms with van der Waals surface area (Å²) in [6.45, 7) is 3.41. The van der Waals surface area contributed by atoms with Crippen molar-refractivity contribution in [1.29, 1.82) is 0 Å². The summed E-state index contributed by atoms with van der Waals surface area (Å²) in [5.74, 6) is 0. The molecular formula is C7H13F3O2. The molecule has 0 aliphatic heterocycles. The van der Waals surface area contributed by atoms with Crippen molar-refractivity contribution in [3.63, 3.8) is 0 Å². The third kappa shape index (κ3) is 3.92. The van der Waals surface area contributed by atoms with Gasteiger partial charge < -0.3 is 9.84 Å². The third-order valence-corrected chi connectivity index (χ3v) is 1.51. The Hall–Kier alpha value is -0.290. The van der Waals surface area contributed by atoms with Gasteiger partial charge in [-0.05, 0) is 12.8 Å². The lowest BCUT2D eigenvalue weighted by molar-refractivity contribution is -0.305. The first-order valence-corrected chi connectivity index (χ1v) is 3.82. The molecule has 0 aliphatic rings. The molecule has 0 rings (SSSR count). The summed E-state index contributed by atoms with van der Waals surface area (Å²) in [7, 11) is 0. The van der Waals surface area contributed by atoms with Crippen LogP contribution >= 0.6 is 0 Å². The molecule has 0 aromatic carbocycles. The molecule has 0 aromatic rings. The number of ether oxygens (including phenoxy) is 1. The van der Waals surface area contributed by atoms with E-state index < -0.39 is 18.6 Å². The van der Waals surface area contributed by atoms with E-state index in [2.05, 4.69) is 4.74 Å². The largest absolute Gasteiger partial charge is 0.439 e. The molecule has 0 radical (unpaired) electrons. The van der Waals surface area contributed by atoms with Crippen molar-refractivity contribution in [2.24, 2.45) is 0 Å². The second-order valence-electron chi connectivity index (χ2n) is 2.47. The maximum absolute atomic E-state index is 11.7. The molecule has 12 heavy (non-hydrogen) atoms. The molecule has 0 unspecified atom stereocenters. The average molecular weight is 186 g/mol. The fraction of sp³-hybridized carbons (Fsp3) is 1.00. The Bertz CT molecular complexity index is 120. The lowest BCUT2D eigenvalue weighted by Crippen LogP contribution is -2.34. The van der Waals surface area contributed by atoms with Gasteiger partial charge >= 0.3 is 6.18 Å². The van der Waals surface area contributed by atoms with Crippen molar-refractivity contribution < 1.29 is 23.0 Å². The topological polar surface area (TPSA) is 29.5 Å². The molecule has 0 heterocycles.